The molecule has 0 bridgehead atoms. The Labute approximate surface area is 64.5 Å². The van der Waals surface area contributed by atoms with Crippen LogP contribution in [0.2, 0.25) is 5.02 Å². The molecule has 54 valence electrons. The fourth-order valence-electron chi connectivity index (χ4n) is 0.725. The fourth-order valence-corrected chi connectivity index (χ4v) is 1.00. The van der Waals surface area contributed by atoms with Crippen molar-refractivity contribution in [2.75, 3.05) is 0 Å². The number of aliphatic hydroxyl groups is 1. The zero-order valence-corrected chi connectivity index (χ0v) is 6.34. The van der Waals surface area contributed by atoms with Crippen molar-refractivity contribution in [3.05, 3.63) is 29.0 Å². The summed E-state index contributed by atoms with van der Waals surface area (Å²) in [5.41, 5.74) is 0.719. The highest BCUT2D eigenvalue weighted by atomic mass is 35.5. The average Bonchev–Trinajstić information content (AvgIpc) is 1.88. The van der Waals surface area contributed by atoms with Gasteiger partial charge < -0.3 is 5.11 Å². The Hall–Kier alpha value is -0.600. The molecule has 1 unspecified atom stereocenters. The number of aromatic nitrogens is 1. The van der Waals surface area contributed by atoms with E-state index < -0.39 is 6.10 Å². The van der Waals surface area contributed by atoms with Gasteiger partial charge in [0.05, 0.1) is 11.1 Å². The van der Waals surface area contributed by atoms with Crippen molar-refractivity contribution >= 4 is 11.6 Å². The molecule has 2 nitrogen and oxygen atoms in total. The third-order valence-corrected chi connectivity index (χ3v) is 1.57. The molecule has 0 aromatic carbocycles. The SMILES string of the molecule is CC(O)c1ccncc1Cl. The summed E-state index contributed by atoms with van der Waals surface area (Å²) in [6.45, 7) is 1.67. The first-order chi connectivity index (χ1) is 4.72. The Morgan fingerprint density at radius 1 is 1.70 bits per heavy atom. The third-order valence-electron chi connectivity index (χ3n) is 1.25. The molecule has 0 spiro atoms. The van der Waals surface area contributed by atoms with Gasteiger partial charge in [0.1, 0.15) is 0 Å². The summed E-state index contributed by atoms with van der Waals surface area (Å²) in [4.78, 5) is 3.78. The minimum atomic E-state index is -0.518. The molecular formula is C7H8ClNO. The summed E-state index contributed by atoms with van der Waals surface area (Å²) in [5, 5.41) is 9.60. The van der Waals surface area contributed by atoms with Gasteiger partial charge in [-0.1, -0.05) is 11.6 Å². The second-order valence-corrected chi connectivity index (χ2v) is 2.48. The number of hydrogen-bond acceptors (Lipinski definition) is 2. The van der Waals surface area contributed by atoms with Gasteiger partial charge in [-0.25, -0.2) is 0 Å². The lowest BCUT2D eigenvalue weighted by molar-refractivity contribution is 0.199. The molecule has 0 aliphatic rings. The number of rotatable bonds is 1. The zero-order valence-electron chi connectivity index (χ0n) is 5.58. The summed E-state index contributed by atoms with van der Waals surface area (Å²) in [6.07, 6.45) is 2.60. The van der Waals surface area contributed by atoms with Gasteiger partial charge in [-0.3, -0.25) is 4.98 Å². The molecule has 1 atom stereocenters. The van der Waals surface area contributed by atoms with Crippen LogP contribution in [0.25, 0.3) is 0 Å². The maximum absolute atomic E-state index is 9.09. The number of halogens is 1. The van der Waals surface area contributed by atoms with Crippen LogP contribution in [-0.4, -0.2) is 10.1 Å². The van der Waals surface area contributed by atoms with Gasteiger partial charge in [0.25, 0.3) is 0 Å². The summed E-state index contributed by atoms with van der Waals surface area (Å²) in [5.74, 6) is 0. The molecule has 1 heterocycles. The van der Waals surface area contributed by atoms with Gasteiger partial charge in [-0.15, -0.1) is 0 Å². The zero-order chi connectivity index (χ0) is 7.56. The highest BCUT2D eigenvalue weighted by Crippen LogP contribution is 2.20. The molecule has 1 aromatic heterocycles. The summed E-state index contributed by atoms with van der Waals surface area (Å²) >= 11 is 5.70. The van der Waals surface area contributed by atoms with E-state index in [1.165, 1.54) is 6.20 Å². The third kappa shape index (κ3) is 1.46. The maximum atomic E-state index is 9.09. The Morgan fingerprint density at radius 2 is 2.40 bits per heavy atom. The molecule has 1 aromatic rings. The van der Waals surface area contributed by atoms with E-state index >= 15 is 0 Å². The Bertz CT molecular complexity index is 225. The highest BCUT2D eigenvalue weighted by Gasteiger charge is 2.03. The quantitative estimate of drug-likeness (QED) is 0.674. The molecular weight excluding hydrogens is 150 g/mol. The van der Waals surface area contributed by atoms with Crippen LogP contribution in [0.5, 0.6) is 0 Å². The standard InChI is InChI=1S/C7H8ClNO/c1-5(10)6-2-3-9-4-7(6)8/h2-5,10H,1H3. The van der Waals surface area contributed by atoms with E-state index in [0.29, 0.717) is 5.02 Å². The van der Waals surface area contributed by atoms with Gasteiger partial charge in [0.2, 0.25) is 0 Å². The van der Waals surface area contributed by atoms with E-state index in [-0.39, 0.29) is 0 Å². The Morgan fingerprint density at radius 3 is 2.80 bits per heavy atom. The highest BCUT2D eigenvalue weighted by molar-refractivity contribution is 6.31. The smallest absolute Gasteiger partial charge is 0.0777 e. The molecule has 10 heavy (non-hydrogen) atoms. The van der Waals surface area contributed by atoms with Crippen LogP contribution in [0.3, 0.4) is 0 Å². The van der Waals surface area contributed by atoms with Gasteiger partial charge in [0, 0.05) is 18.0 Å². The van der Waals surface area contributed by atoms with Crippen molar-refractivity contribution in [2.45, 2.75) is 13.0 Å². The lowest BCUT2D eigenvalue weighted by atomic mass is 10.2. The number of nitrogens with zero attached hydrogens (tertiary/aromatic N) is 1. The molecule has 0 amide bonds. The van der Waals surface area contributed by atoms with E-state index in [9.17, 15) is 0 Å². The molecule has 0 aliphatic heterocycles. The first-order valence-corrected chi connectivity index (χ1v) is 3.37. The molecule has 0 saturated heterocycles. The minimum absolute atomic E-state index is 0.512. The van der Waals surface area contributed by atoms with Gasteiger partial charge in [-0.05, 0) is 13.0 Å². The van der Waals surface area contributed by atoms with E-state index in [1.807, 2.05) is 0 Å². The van der Waals surface area contributed by atoms with Crippen molar-refractivity contribution in [1.82, 2.24) is 4.98 Å². The van der Waals surface area contributed by atoms with Gasteiger partial charge in [-0.2, -0.15) is 0 Å². The van der Waals surface area contributed by atoms with E-state index in [1.54, 1.807) is 19.2 Å². The largest absolute Gasteiger partial charge is 0.389 e. The van der Waals surface area contributed by atoms with Gasteiger partial charge in [0.15, 0.2) is 0 Å². The molecule has 1 N–H and O–H groups in total. The first-order valence-electron chi connectivity index (χ1n) is 2.99. The maximum Gasteiger partial charge on any atom is 0.0777 e. The molecule has 0 radical (unpaired) electrons. The van der Waals surface area contributed by atoms with Crippen molar-refractivity contribution in [1.29, 1.82) is 0 Å². The molecule has 0 saturated carbocycles. The van der Waals surface area contributed by atoms with Crippen LogP contribution in [0.15, 0.2) is 18.5 Å². The molecule has 0 fully saturated rings. The van der Waals surface area contributed by atoms with Gasteiger partial charge >= 0.3 is 0 Å². The van der Waals surface area contributed by atoms with Crippen LogP contribution in [0.1, 0.15) is 18.6 Å². The van der Waals surface area contributed by atoms with Crippen molar-refractivity contribution in [3.8, 4) is 0 Å². The van der Waals surface area contributed by atoms with E-state index in [0.717, 1.165) is 5.56 Å². The first kappa shape index (κ1) is 7.51. The summed E-state index contributed by atoms with van der Waals surface area (Å²) < 4.78 is 0. The minimum Gasteiger partial charge on any atom is -0.389 e. The second-order valence-electron chi connectivity index (χ2n) is 2.07. The van der Waals surface area contributed by atoms with Crippen LogP contribution in [-0.2, 0) is 0 Å². The van der Waals surface area contributed by atoms with Crippen molar-refractivity contribution < 1.29 is 5.11 Å². The molecule has 1 rings (SSSR count). The van der Waals surface area contributed by atoms with Crippen molar-refractivity contribution in [2.24, 2.45) is 0 Å². The summed E-state index contributed by atoms with van der Waals surface area (Å²) in [7, 11) is 0. The lowest BCUT2D eigenvalue weighted by Gasteiger charge is -2.04. The number of aliphatic hydroxyl groups excluding tert-OH is 1. The van der Waals surface area contributed by atoms with Crippen LogP contribution in [0, 0.1) is 0 Å². The number of pyridine rings is 1. The Kier molecular flexibility index (Phi) is 2.25. The van der Waals surface area contributed by atoms with Crippen LogP contribution < -0.4 is 0 Å². The Balaban J connectivity index is 3.03. The number of hydrogen-bond donors (Lipinski definition) is 1. The van der Waals surface area contributed by atoms with Crippen LogP contribution in [0.4, 0.5) is 0 Å². The van der Waals surface area contributed by atoms with E-state index in [2.05, 4.69) is 4.98 Å². The predicted octanol–water partition coefficient (Wildman–Crippen LogP) is 1.79. The predicted molar refractivity (Wildman–Crippen MR) is 39.9 cm³/mol. The second kappa shape index (κ2) is 2.99. The summed E-state index contributed by atoms with van der Waals surface area (Å²) in [6, 6.07) is 1.70. The fraction of sp³-hybridized carbons (Fsp3) is 0.286. The topological polar surface area (TPSA) is 33.1 Å². The lowest BCUT2D eigenvalue weighted by Crippen LogP contribution is -1.91. The molecule has 0 aliphatic carbocycles. The van der Waals surface area contributed by atoms with E-state index in [4.69, 9.17) is 16.7 Å². The monoisotopic (exact) mass is 157 g/mol. The molecule has 3 heteroatoms. The van der Waals surface area contributed by atoms with Crippen LogP contribution >= 0.6 is 11.6 Å². The average molecular weight is 158 g/mol. The van der Waals surface area contributed by atoms with Crippen molar-refractivity contribution in [3.63, 3.8) is 0 Å². The normalized spacial score (nSPS) is 13.1.